The maximum atomic E-state index is 11.5. The molecule has 20 heavy (non-hydrogen) atoms. The lowest BCUT2D eigenvalue weighted by molar-refractivity contribution is -0.145. The minimum Gasteiger partial charge on any atom is -0.481 e. The third-order valence-corrected chi connectivity index (χ3v) is 2.52. The number of carboxylic acids is 2. The highest BCUT2D eigenvalue weighted by atomic mass is 16.4. The van der Waals surface area contributed by atoms with Gasteiger partial charge in [0.2, 0.25) is 0 Å². The predicted molar refractivity (Wildman–Crippen MR) is 70.2 cm³/mol. The molecular formula is C13H16N2O5. The van der Waals surface area contributed by atoms with Crippen LogP contribution in [0.4, 0.5) is 4.79 Å². The predicted octanol–water partition coefficient (Wildman–Crippen LogP) is 0.722. The lowest BCUT2D eigenvalue weighted by Crippen LogP contribution is -2.46. The van der Waals surface area contributed by atoms with Crippen molar-refractivity contribution in [2.75, 3.05) is 0 Å². The third kappa shape index (κ3) is 5.38. The molecule has 0 saturated heterocycles. The van der Waals surface area contributed by atoms with Gasteiger partial charge in [0.1, 0.15) is 6.04 Å². The number of urea groups is 1. The van der Waals surface area contributed by atoms with Gasteiger partial charge in [-0.1, -0.05) is 29.8 Å². The standard InChI is InChI=1S/C13H16N2O5/c1-8-3-2-4-9(5-8)7-14-13(20)15-10(12(18)19)6-11(16)17/h2-5,10H,6-7H2,1H3,(H,16,17)(H,18,19)(H2,14,15,20)/t10-/m0/s1. The maximum absolute atomic E-state index is 11.5. The van der Waals surface area contributed by atoms with E-state index in [4.69, 9.17) is 10.2 Å². The van der Waals surface area contributed by atoms with Crippen LogP contribution in [0.15, 0.2) is 24.3 Å². The van der Waals surface area contributed by atoms with E-state index in [9.17, 15) is 14.4 Å². The highest BCUT2D eigenvalue weighted by Crippen LogP contribution is 2.03. The second kappa shape index (κ2) is 7.13. The van der Waals surface area contributed by atoms with Crippen LogP contribution in [0, 0.1) is 6.92 Å². The second-order valence-corrected chi connectivity index (χ2v) is 4.30. The van der Waals surface area contributed by atoms with Gasteiger partial charge in [-0.3, -0.25) is 4.79 Å². The average molecular weight is 280 g/mol. The fourth-order valence-electron chi connectivity index (χ4n) is 1.59. The van der Waals surface area contributed by atoms with Gasteiger partial charge in [0, 0.05) is 6.54 Å². The van der Waals surface area contributed by atoms with E-state index in [-0.39, 0.29) is 6.54 Å². The van der Waals surface area contributed by atoms with Gasteiger partial charge >= 0.3 is 18.0 Å². The van der Waals surface area contributed by atoms with E-state index in [1.807, 2.05) is 31.2 Å². The molecule has 0 fully saturated rings. The average Bonchev–Trinajstić information content (AvgIpc) is 2.35. The molecule has 0 aliphatic heterocycles. The Balaban J connectivity index is 2.49. The first kappa shape index (κ1) is 15.5. The van der Waals surface area contributed by atoms with Crippen molar-refractivity contribution >= 4 is 18.0 Å². The van der Waals surface area contributed by atoms with E-state index < -0.39 is 30.4 Å². The molecule has 1 atom stereocenters. The molecule has 7 nitrogen and oxygen atoms in total. The van der Waals surface area contributed by atoms with Gasteiger partial charge in [-0.05, 0) is 12.5 Å². The number of nitrogens with one attached hydrogen (secondary N) is 2. The van der Waals surface area contributed by atoms with Crippen molar-refractivity contribution in [3.63, 3.8) is 0 Å². The lowest BCUT2D eigenvalue weighted by atomic mass is 10.1. The van der Waals surface area contributed by atoms with Crippen LogP contribution in [-0.4, -0.2) is 34.2 Å². The largest absolute Gasteiger partial charge is 0.481 e. The Hall–Kier alpha value is -2.57. The van der Waals surface area contributed by atoms with Gasteiger partial charge in [-0.2, -0.15) is 0 Å². The Morgan fingerprint density at radius 2 is 1.95 bits per heavy atom. The van der Waals surface area contributed by atoms with Gasteiger partial charge in [-0.25, -0.2) is 9.59 Å². The van der Waals surface area contributed by atoms with Crippen molar-refractivity contribution in [2.24, 2.45) is 0 Å². The molecule has 108 valence electrons. The zero-order valence-corrected chi connectivity index (χ0v) is 10.9. The van der Waals surface area contributed by atoms with Crippen molar-refractivity contribution in [1.82, 2.24) is 10.6 Å². The summed E-state index contributed by atoms with van der Waals surface area (Å²) in [5.74, 6) is -2.69. The number of carbonyl (C=O) groups is 3. The molecule has 0 aliphatic carbocycles. The Morgan fingerprint density at radius 3 is 2.50 bits per heavy atom. The van der Waals surface area contributed by atoms with Crippen molar-refractivity contribution < 1.29 is 24.6 Å². The van der Waals surface area contributed by atoms with Crippen molar-refractivity contribution in [2.45, 2.75) is 25.9 Å². The van der Waals surface area contributed by atoms with E-state index in [0.29, 0.717) is 0 Å². The summed E-state index contributed by atoms with van der Waals surface area (Å²) in [4.78, 5) is 32.8. The Bertz CT molecular complexity index is 515. The van der Waals surface area contributed by atoms with Crippen LogP contribution < -0.4 is 10.6 Å². The van der Waals surface area contributed by atoms with Crippen LogP contribution in [0.2, 0.25) is 0 Å². The molecule has 0 unspecified atom stereocenters. The second-order valence-electron chi connectivity index (χ2n) is 4.30. The molecule has 0 radical (unpaired) electrons. The smallest absolute Gasteiger partial charge is 0.326 e. The van der Waals surface area contributed by atoms with Crippen LogP contribution in [0.1, 0.15) is 17.5 Å². The first-order chi connectivity index (χ1) is 9.38. The third-order valence-electron chi connectivity index (χ3n) is 2.52. The first-order valence-corrected chi connectivity index (χ1v) is 5.93. The van der Waals surface area contributed by atoms with Crippen LogP contribution in [0.3, 0.4) is 0 Å². The lowest BCUT2D eigenvalue weighted by Gasteiger charge is -2.13. The molecule has 1 aromatic rings. The van der Waals surface area contributed by atoms with Crippen molar-refractivity contribution in [1.29, 1.82) is 0 Å². The molecule has 0 bridgehead atoms. The monoisotopic (exact) mass is 280 g/mol. The number of rotatable bonds is 6. The van der Waals surface area contributed by atoms with E-state index in [2.05, 4.69) is 10.6 Å². The summed E-state index contributed by atoms with van der Waals surface area (Å²) in [6.07, 6.45) is -0.673. The van der Waals surface area contributed by atoms with Gasteiger partial charge in [-0.15, -0.1) is 0 Å². The van der Waals surface area contributed by atoms with Crippen LogP contribution in [0.5, 0.6) is 0 Å². The number of carboxylic acid groups (broad SMARTS) is 2. The van der Waals surface area contributed by atoms with E-state index in [1.165, 1.54) is 0 Å². The molecule has 0 aromatic heterocycles. The number of benzene rings is 1. The Labute approximate surface area is 115 Å². The summed E-state index contributed by atoms with van der Waals surface area (Å²) in [5.41, 5.74) is 1.91. The fourth-order valence-corrected chi connectivity index (χ4v) is 1.59. The van der Waals surface area contributed by atoms with Gasteiger partial charge in [0.05, 0.1) is 6.42 Å². The molecule has 0 aliphatic rings. The molecular weight excluding hydrogens is 264 g/mol. The summed E-state index contributed by atoms with van der Waals surface area (Å²) in [5, 5.41) is 21.9. The number of aryl methyl sites for hydroxylation is 1. The van der Waals surface area contributed by atoms with Crippen molar-refractivity contribution in [3.8, 4) is 0 Å². The molecule has 0 saturated carbocycles. The van der Waals surface area contributed by atoms with E-state index in [0.717, 1.165) is 11.1 Å². The minimum atomic E-state index is -1.45. The topological polar surface area (TPSA) is 116 Å². The highest BCUT2D eigenvalue weighted by molar-refractivity contribution is 5.86. The number of hydrogen-bond acceptors (Lipinski definition) is 3. The SMILES string of the molecule is Cc1cccc(CNC(=O)N[C@@H](CC(=O)O)C(=O)O)c1. The summed E-state index contributed by atoms with van der Waals surface area (Å²) in [6, 6.07) is 5.28. The summed E-state index contributed by atoms with van der Waals surface area (Å²) < 4.78 is 0. The van der Waals surface area contributed by atoms with Gasteiger partial charge < -0.3 is 20.8 Å². The Morgan fingerprint density at radius 1 is 1.25 bits per heavy atom. The number of amides is 2. The van der Waals surface area contributed by atoms with Crippen molar-refractivity contribution in [3.05, 3.63) is 35.4 Å². The number of carbonyl (C=O) groups excluding carboxylic acids is 1. The zero-order valence-electron chi connectivity index (χ0n) is 10.9. The summed E-state index contributed by atoms with van der Waals surface area (Å²) in [7, 11) is 0. The van der Waals surface area contributed by atoms with Crippen LogP contribution in [-0.2, 0) is 16.1 Å². The Kier molecular flexibility index (Phi) is 5.52. The minimum absolute atomic E-state index is 0.229. The van der Waals surface area contributed by atoms with Crippen LogP contribution >= 0.6 is 0 Å². The molecule has 2 amide bonds. The van der Waals surface area contributed by atoms with E-state index >= 15 is 0 Å². The molecule has 7 heteroatoms. The maximum Gasteiger partial charge on any atom is 0.326 e. The van der Waals surface area contributed by atoms with Crippen LogP contribution in [0.25, 0.3) is 0 Å². The fraction of sp³-hybridized carbons (Fsp3) is 0.308. The molecule has 0 spiro atoms. The van der Waals surface area contributed by atoms with Gasteiger partial charge in [0.25, 0.3) is 0 Å². The normalized spacial score (nSPS) is 11.4. The first-order valence-electron chi connectivity index (χ1n) is 5.93. The zero-order chi connectivity index (χ0) is 15.1. The molecule has 0 heterocycles. The number of hydrogen-bond donors (Lipinski definition) is 4. The highest BCUT2D eigenvalue weighted by Gasteiger charge is 2.22. The molecule has 1 rings (SSSR count). The molecule has 1 aromatic carbocycles. The molecule has 4 N–H and O–H groups in total. The van der Waals surface area contributed by atoms with Gasteiger partial charge in [0.15, 0.2) is 0 Å². The summed E-state index contributed by atoms with van der Waals surface area (Å²) in [6.45, 7) is 2.14. The number of aliphatic carboxylic acids is 2. The van der Waals surface area contributed by atoms with E-state index in [1.54, 1.807) is 0 Å². The quantitative estimate of drug-likeness (QED) is 0.613. The summed E-state index contributed by atoms with van der Waals surface area (Å²) >= 11 is 0.